The van der Waals surface area contributed by atoms with Gasteiger partial charge in [-0.3, -0.25) is 4.79 Å². The SMILES string of the molecule is CCOc1ccccc1-c1noc(C2CC(=O)N(c3cc(C)ccc3OC)C2)n1. The van der Waals surface area contributed by atoms with Gasteiger partial charge in [-0.05, 0) is 43.7 Å². The van der Waals surface area contributed by atoms with Gasteiger partial charge in [-0.1, -0.05) is 23.4 Å². The molecule has 1 aromatic heterocycles. The van der Waals surface area contributed by atoms with Crippen molar-refractivity contribution in [2.45, 2.75) is 26.2 Å². The second-order valence-electron chi connectivity index (χ2n) is 6.97. The minimum absolute atomic E-state index is 0.00775. The number of anilines is 1. The molecule has 0 aliphatic carbocycles. The summed E-state index contributed by atoms with van der Waals surface area (Å²) in [6.07, 6.45) is 0.311. The third-order valence-electron chi connectivity index (χ3n) is 4.97. The monoisotopic (exact) mass is 393 g/mol. The number of benzene rings is 2. The van der Waals surface area contributed by atoms with Gasteiger partial charge in [0.05, 0.1) is 30.9 Å². The Hall–Kier alpha value is -3.35. The molecule has 0 N–H and O–H groups in total. The van der Waals surface area contributed by atoms with Gasteiger partial charge < -0.3 is 18.9 Å². The molecule has 29 heavy (non-hydrogen) atoms. The number of hydrogen-bond acceptors (Lipinski definition) is 6. The first-order chi connectivity index (χ1) is 14.1. The highest BCUT2D eigenvalue weighted by Gasteiger charge is 2.36. The molecule has 150 valence electrons. The molecule has 4 rings (SSSR count). The van der Waals surface area contributed by atoms with E-state index in [-0.39, 0.29) is 11.8 Å². The topological polar surface area (TPSA) is 77.7 Å². The lowest BCUT2D eigenvalue weighted by Gasteiger charge is -2.19. The molecule has 1 unspecified atom stereocenters. The predicted molar refractivity (Wildman–Crippen MR) is 108 cm³/mol. The molecule has 1 saturated heterocycles. The van der Waals surface area contributed by atoms with Crippen LogP contribution in [0.25, 0.3) is 11.4 Å². The van der Waals surface area contributed by atoms with E-state index in [1.807, 2.05) is 56.3 Å². The van der Waals surface area contributed by atoms with Gasteiger partial charge >= 0.3 is 0 Å². The average Bonchev–Trinajstić information content (AvgIpc) is 3.35. The molecule has 2 heterocycles. The van der Waals surface area contributed by atoms with Gasteiger partial charge in [0, 0.05) is 13.0 Å². The molecule has 0 bridgehead atoms. The van der Waals surface area contributed by atoms with Crippen molar-refractivity contribution < 1.29 is 18.8 Å². The van der Waals surface area contributed by atoms with Gasteiger partial charge in [0.1, 0.15) is 11.5 Å². The number of carbonyl (C=O) groups excluding carboxylic acids is 1. The second-order valence-corrected chi connectivity index (χ2v) is 6.97. The molecule has 3 aromatic rings. The fraction of sp³-hybridized carbons (Fsp3) is 0.318. The molecule has 1 amide bonds. The van der Waals surface area contributed by atoms with Gasteiger partial charge in [-0.15, -0.1) is 0 Å². The number of amides is 1. The molecule has 1 fully saturated rings. The number of aryl methyl sites for hydroxylation is 1. The van der Waals surface area contributed by atoms with Crippen LogP contribution in [0.2, 0.25) is 0 Å². The average molecular weight is 393 g/mol. The van der Waals surface area contributed by atoms with Crippen molar-refractivity contribution >= 4 is 11.6 Å². The van der Waals surface area contributed by atoms with Gasteiger partial charge in [0.2, 0.25) is 17.6 Å². The van der Waals surface area contributed by atoms with Crippen LogP contribution in [-0.4, -0.2) is 36.3 Å². The first-order valence-electron chi connectivity index (χ1n) is 9.61. The van der Waals surface area contributed by atoms with Crippen LogP contribution in [0.15, 0.2) is 47.0 Å². The molecule has 0 spiro atoms. The van der Waals surface area contributed by atoms with Crippen LogP contribution < -0.4 is 14.4 Å². The number of rotatable bonds is 6. The third-order valence-corrected chi connectivity index (χ3v) is 4.97. The Kier molecular flexibility index (Phi) is 5.20. The summed E-state index contributed by atoms with van der Waals surface area (Å²) >= 11 is 0. The Labute approximate surface area is 169 Å². The number of methoxy groups -OCH3 is 1. The number of carbonyl (C=O) groups is 1. The van der Waals surface area contributed by atoms with Gasteiger partial charge in [-0.25, -0.2) is 0 Å². The van der Waals surface area contributed by atoms with Crippen LogP contribution in [0.4, 0.5) is 5.69 Å². The largest absolute Gasteiger partial charge is 0.495 e. The fourth-order valence-electron chi connectivity index (χ4n) is 3.56. The van der Waals surface area contributed by atoms with E-state index in [0.29, 0.717) is 42.8 Å². The normalized spacial score (nSPS) is 16.3. The van der Waals surface area contributed by atoms with Crippen molar-refractivity contribution in [3.8, 4) is 22.9 Å². The van der Waals surface area contributed by atoms with Gasteiger partial charge in [0.25, 0.3) is 0 Å². The van der Waals surface area contributed by atoms with Crippen LogP contribution >= 0.6 is 0 Å². The van der Waals surface area contributed by atoms with E-state index in [2.05, 4.69) is 10.1 Å². The highest BCUT2D eigenvalue weighted by Crippen LogP contribution is 2.37. The predicted octanol–water partition coefficient (Wildman–Crippen LogP) is 3.97. The Morgan fingerprint density at radius 1 is 1.21 bits per heavy atom. The zero-order valence-corrected chi connectivity index (χ0v) is 16.7. The van der Waals surface area contributed by atoms with E-state index >= 15 is 0 Å². The molecular weight excluding hydrogens is 370 g/mol. The lowest BCUT2D eigenvalue weighted by molar-refractivity contribution is -0.117. The summed E-state index contributed by atoms with van der Waals surface area (Å²) in [5, 5.41) is 4.12. The maximum Gasteiger partial charge on any atom is 0.232 e. The summed E-state index contributed by atoms with van der Waals surface area (Å²) in [5.41, 5.74) is 2.59. The Morgan fingerprint density at radius 3 is 2.83 bits per heavy atom. The van der Waals surface area contributed by atoms with Crippen molar-refractivity contribution in [1.82, 2.24) is 10.1 Å². The molecule has 0 radical (unpaired) electrons. The summed E-state index contributed by atoms with van der Waals surface area (Å²) in [5.74, 6) is 2.12. The van der Waals surface area contributed by atoms with E-state index in [0.717, 1.165) is 16.8 Å². The van der Waals surface area contributed by atoms with Crippen LogP contribution in [0, 0.1) is 6.92 Å². The van der Waals surface area contributed by atoms with E-state index in [1.165, 1.54) is 0 Å². The Balaban J connectivity index is 1.59. The van der Waals surface area contributed by atoms with Crippen molar-refractivity contribution in [2.24, 2.45) is 0 Å². The standard InChI is InChI=1S/C22H23N3O4/c1-4-28-18-8-6-5-7-16(18)21-23-22(29-24-21)15-12-20(26)25(13-15)17-11-14(2)9-10-19(17)27-3/h5-11,15H,4,12-13H2,1-3H3. The quantitative estimate of drug-likeness (QED) is 0.631. The van der Waals surface area contributed by atoms with Crippen molar-refractivity contribution in [1.29, 1.82) is 0 Å². The van der Waals surface area contributed by atoms with Crippen molar-refractivity contribution in [2.75, 3.05) is 25.2 Å². The third kappa shape index (κ3) is 3.68. The van der Waals surface area contributed by atoms with Crippen LogP contribution in [0.1, 0.15) is 30.7 Å². The number of para-hydroxylation sites is 1. The van der Waals surface area contributed by atoms with Crippen LogP contribution in [0.3, 0.4) is 0 Å². The Bertz CT molecular complexity index is 1030. The summed E-state index contributed by atoms with van der Waals surface area (Å²) < 4.78 is 16.6. The zero-order chi connectivity index (χ0) is 20.4. The molecule has 7 nitrogen and oxygen atoms in total. The minimum Gasteiger partial charge on any atom is -0.495 e. The van der Waals surface area contributed by atoms with Gasteiger partial charge in [-0.2, -0.15) is 4.98 Å². The highest BCUT2D eigenvalue weighted by molar-refractivity contribution is 5.97. The van der Waals surface area contributed by atoms with E-state index in [9.17, 15) is 4.79 Å². The van der Waals surface area contributed by atoms with Crippen LogP contribution in [-0.2, 0) is 4.79 Å². The number of nitrogens with zero attached hydrogens (tertiary/aromatic N) is 3. The molecular formula is C22H23N3O4. The highest BCUT2D eigenvalue weighted by atomic mass is 16.5. The van der Waals surface area contributed by atoms with E-state index < -0.39 is 0 Å². The number of hydrogen-bond donors (Lipinski definition) is 0. The first kappa shape index (κ1) is 19.0. The molecule has 1 aliphatic heterocycles. The minimum atomic E-state index is -0.173. The smallest absolute Gasteiger partial charge is 0.232 e. The molecule has 7 heteroatoms. The molecule has 1 aliphatic rings. The second kappa shape index (κ2) is 7.95. The molecule has 1 atom stereocenters. The Morgan fingerprint density at radius 2 is 2.03 bits per heavy atom. The maximum absolute atomic E-state index is 12.7. The lowest BCUT2D eigenvalue weighted by Crippen LogP contribution is -2.25. The van der Waals surface area contributed by atoms with Crippen LogP contribution in [0.5, 0.6) is 11.5 Å². The molecule has 0 saturated carbocycles. The number of aromatic nitrogens is 2. The summed E-state index contributed by atoms with van der Waals surface area (Å²) in [6.45, 7) is 4.93. The number of ether oxygens (including phenoxy) is 2. The van der Waals surface area contributed by atoms with Gasteiger partial charge in [0.15, 0.2) is 0 Å². The van der Waals surface area contributed by atoms with E-state index in [1.54, 1.807) is 12.0 Å². The summed E-state index contributed by atoms with van der Waals surface area (Å²) in [7, 11) is 1.60. The zero-order valence-electron chi connectivity index (χ0n) is 16.7. The van der Waals surface area contributed by atoms with Crippen molar-refractivity contribution in [3.63, 3.8) is 0 Å². The summed E-state index contributed by atoms with van der Waals surface area (Å²) in [6, 6.07) is 13.4. The summed E-state index contributed by atoms with van der Waals surface area (Å²) in [4.78, 5) is 19.0. The fourth-order valence-corrected chi connectivity index (χ4v) is 3.56. The maximum atomic E-state index is 12.7. The molecule has 2 aromatic carbocycles. The first-order valence-corrected chi connectivity index (χ1v) is 9.61. The lowest BCUT2D eigenvalue weighted by atomic mass is 10.1. The van der Waals surface area contributed by atoms with Crippen molar-refractivity contribution in [3.05, 3.63) is 53.9 Å². The van der Waals surface area contributed by atoms with E-state index in [4.69, 9.17) is 14.0 Å².